The Balaban J connectivity index is 3.22. The summed E-state index contributed by atoms with van der Waals surface area (Å²) >= 11 is 5.37. The Hall–Kier alpha value is -1.43. The van der Waals surface area contributed by atoms with E-state index in [0.29, 0.717) is 0 Å². The van der Waals surface area contributed by atoms with Gasteiger partial charge in [0.25, 0.3) is 0 Å². The number of ether oxygens (including phenoxy) is 2. The Labute approximate surface area is 113 Å². The van der Waals surface area contributed by atoms with Crippen LogP contribution in [0.2, 0.25) is 0 Å². The maximum absolute atomic E-state index is 12.6. The lowest BCUT2D eigenvalue weighted by molar-refractivity contribution is -0.132. The molecule has 7 heteroatoms. The maximum atomic E-state index is 12.6. The molecule has 0 aliphatic heterocycles. The monoisotopic (exact) mass is 296 g/mol. The van der Waals surface area contributed by atoms with Crippen molar-refractivity contribution < 1.29 is 27.4 Å². The lowest BCUT2D eigenvalue weighted by Gasteiger charge is -2.18. The number of halogens is 4. The van der Waals surface area contributed by atoms with Crippen LogP contribution < -0.4 is 4.74 Å². The van der Waals surface area contributed by atoms with Gasteiger partial charge in [0.2, 0.25) is 0 Å². The molecule has 0 saturated carbocycles. The third kappa shape index (κ3) is 3.76. The highest BCUT2D eigenvalue weighted by Crippen LogP contribution is 2.42. The van der Waals surface area contributed by atoms with Crippen molar-refractivity contribution in [2.45, 2.75) is 18.5 Å². The first-order chi connectivity index (χ1) is 8.81. The van der Waals surface area contributed by atoms with Crippen molar-refractivity contribution in [3.05, 3.63) is 29.3 Å². The van der Waals surface area contributed by atoms with Crippen LogP contribution in [0.25, 0.3) is 0 Å². The van der Waals surface area contributed by atoms with E-state index >= 15 is 0 Å². The summed E-state index contributed by atoms with van der Waals surface area (Å²) in [6, 6.07) is 3.51. The molecule has 0 saturated heterocycles. The molecule has 0 N–H and O–H groups in total. The fourth-order valence-electron chi connectivity index (χ4n) is 1.45. The number of alkyl halides is 4. The van der Waals surface area contributed by atoms with E-state index in [1.807, 2.05) is 0 Å². The van der Waals surface area contributed by atoms with Crippen LogP contribution in [0.3, 0.4) is 0 Å². The lowest BCUT2D eigenvalue weighted by Crippen LogP contribution is -2.17. The number of hydrogen-bond donors (Lipinski definition) is 0. The van der Waals surface area contributed by atoms with Crippen molar-refractivity contribution in [1.82, 2.24) is 0 Å². The average molecular weight is 297 g/mol. The molecule has 1 rings (SSSR count). The smallest absolute Gasteiger partial charge is 0.409 e. The fourth-order valence-corrected chi connectivity index (χ4v) is 1.63. The first-order valence-electron chi connectivity index (χ1n) is 5.37. The Morgan fingerprint density at radius 3 is 2.53 bits per heavy atom. The van der Waals surface area contributed by atoms with E-state index in [1.54, 1.807) is 6.92 Å². The minimum Gasteiger partial charge on any atom is -0.494 e. The van der Waals surface area contributed by atoms with Gasteiger partial charge in [0.1, 0.15) is 5.75 Å². The number of hydrogen-bond acceptors (Lipinski definition) is 3. The average Bonchev–Trinajstić information content (AvgIpc) is 2.36. The molecule has 1 aromatic rings. The number of benzene rings is 1. The van der Waals surface area contributed by atoms with Crippen LogP contribution in [0.15, 0.2) is 18.2 Å². The van der Waals surface area contributed by atoms with Gasteiger partial charge in [-0.25, -0.2) is 4.79 Å². The number of rotatable bonds is 4. The Kier molecular flexibility index (Phi) is 5.05. The summed E-state index contributed by atoms with van der Waals surface area (Å²) in [5.74, 6) is -0.742. The first-order valence-corrected chi connectivity index (χ1v) is 5.80. The summed E-state index contributed by atoms with van der Waals surface area (Å²) in [4.78, 5) is 11.3. The zero-order valence-electron chi connectivity index (χ0n) is 10.3. The molecule has 0 bridgehead atoms. The van der Waals surface area contributed by atoms with E-state index in [9.17, 15) is 18.0 Å². The molecule has 0 radical (unpaired) electrons. The van der Waals surface area contributed by atoms with Crippen LogP contribution in [-0.4, -0.2) is 25.9 Å². The largest absolute Gasteiger partial charge is 0.494 e. The van der Waals surface area contributed by atoms with E-state index in [0.717, 1.165) is 6.07 Å². The Morgan fingerprint density at radius 1 is 1.42 bits per heavy atom. The summed E-state index contributed by atoms with van der Waals surface area (Å²) in [6.45, 7) is 1.77. The lowest BCUT2D eigenvalue weighted by atomic mass is 10.1. The van der Waals surface area contributed by atoms with Crippen molar-refractivity contribution in [2.75, 3.05) is 13.7 Å². The van der Waals surface area contributed by atoms with E-state index in [-0.39, 0.29) is 23.5 Å². The summed E-state index contributed by atoms with van der Waals surface area (Å²) in [6.07, 6.45) is -4.60. The van der Waals surface area contributed by atoms with Gasteiger partial charge in [0.15, 0.2) is 5.38 Å². The predicted octanol–water partition coefficient (Wildman–Crippen LogP) is 3.71. The molecule has 3 nitrogen and oxygen atoms in total. The zero-order valence-corrected chi connectivity index (χ0v) is 11.0. The first kappa shape index (κ1) is 15.6. The molecule has 106 valence electrons. The predicted molar refractivity (Wildman–Crippen MR) is 63.6 cm³/mol. The van der Waals surface area contributed by atoms with E-state index in [4.69, 9.17) is 16.3 Å². The van der Waals surface area contributed by atoms with Crippen LogP contribution in [0.5, 0.6) is 5.75 Å². The summed E-state index contributed by atoms with van der Waals surface area (Å²) in [5, 5.41) is -2.19. The second-order valence-corrected chi connectivity index (χ2v) is 4.02. The Bertz CT molecular complexity index is 460. The zero-order chi connectivity index (χ0) is 14.6. The van der Waals surface area contributed by atoms with Crippen molar-refractivity contribution in [2.24, 2.45) is 0 Å². The maximum Gasteiger partial charge on any atom is 0.409 e. The molecule has 0 heterocycles. The number of carbonyl (C=O) groups excluding carboxylic acids is 1. The highest BCUT2D eigenvalue weighted by atomic mass is 35.5. The minimum absolute atomic E-state index is 0.0808. The summed E-state index contributed by atoms with van der Waals surface area (Å²) in [7, 11) is 1.18. The number of methoxy groups -OCH3 is 1. The molecule has 1 aromatic carbocycles. The van der Waals surface area contributed by atoms with Crippen LogP contribution in [0, 0.1) is 0 Å². The molecule has 1 atom stereocenters. The van der Waals surface area contributed by atoms with Crippen molar-refractivity contribution >= 4 is 17.6 Å². The highest BCUT2D eigenvalue weighted by molar-refractivity contribution is 6.21. The van der Waals surface area contributed by atoms with Gasteiger partial charge in [-0.2, -0.15) is 13.2 Å². The molecule has 1 unspecified atom stereocenters. The Morgan fingerprint density at radius 2 is 2.05 bits per heavy atom. The van der Waals surface area contributed by atoms with Crippen LogP contribution in [0.4, 0.5) is 13.2 Å². The molecule has 0 aliphatic carbocycles. The second kappa shape index (κ2) is 6.14. The molecule has 0 spiro atoms. The van der Waals surface area contributed by atoms with Crippen molar-refractivity contribution in [3.8, 4) is 5.75 Å². The topological polar surface area (TPSA) is 35.5 Å². The van der Waals surface area contributed by atoms with Gasteiger partial charge in [-0.15, -0.1) is 11.6 Å². The van der Waals surface area contributed by atoms with Gasteiger partial charge < -0.3 is 9.47 Å². The van der Waals surface area contributed by atoms with E-state index < -0.39 is 17.5 Å². The number of carbonyl (C=O) groups is 1. The summed E-state index contributed by atoms with van der Waals surface area (Å²) < 4.78 is 47.4. The van der Waals surface area contributed by atoms with Gasteiger partial charge in [-0.1, -0.05) is 6.07 Å². The SMILES string of the molecule is CCOc1cc(C(=O)OC)ccc1C(Cl)C(F)(F)F. The van der Waals surface area contributed by atoms with Crippen LogP contribution in [-0.2, 0) is 4.74 Å². The highest BCUT2D eigenvalue weighted by Gasteiger charge is 2.41. The molecular weight excluding hydrogens is 285 g/mol. The van der Waals surface area contributed by atoms with E-state index in [2.05, 4.69) is 4.74 Å². The minimum atomic E-state index is -4.60. The quantitative estimate of drug-likeness (QED) is 0.627. The second-order valence-electron chi connectivity index (χ2n) is 3.58. The third-order valence-electron chi connectivity index (χ3n) is 2.29. The van der Waals surface area contributed by atoms with Crippen LogP contribution in [0.1, 0.15) is 28.2 Å². The molecule has 0 amide bonds. The van der Waals surface area contributed by atoms with Crippen molar-refractivity contribution in [1.29, 1.82) is 0 Å². The molecular formula is C12H12ClF3O3. The third-order valence-corrected chi connectivity index (χ3v) is 2.78. The molecule has 0 aromatic heterocycles. The van der Waals surface area contributed by atoms with Crippen LogP contribution >= 0.6 is 11.6 Å². The number of esters is 1. The van der Waals surface area contributed by atoms with Gasteiger partial charge in [-0.05, 0) is 19.1 Å². The van der Waals surface area contributed by atoms with Gasteiger partial charge >= 0.3 is 12.1 Å². The standard InChI is InChI=1S/C12H12ClF3O3/c1-3-19-9-6-7(11(17)18-2)4-5-8(9)10(13)12(14,15)16/h4-6,10H,3H2,1-2H3. The molecule has 0 fully saturated rings. The van der Waals surface area contributed by atoms with Crippen molar-refractivity contribution in [3.63, 3.8) is 0 Å². The fraction of sp³-hybridized carbons (Fsp3) is 0.417. The van der Waals surface area contributed by atoms with Gasteiger partial charge in [0, 0.05) is 5.56 Å². The van der Waals surface area contributed by atoms with Gasteiger partial charge in [-0.3, -0.25) is 0 Å². The molecule has 19 heavy (non-hydrogen) atoms. The summed E-state index contributed by atoms with van der Waals surface area (Å²) in [5.41, 5.74) is -0.135. The van der Waals surface area contributed by atoms with E-state index in [1.165, 1.54) is 19.2 Å². The molecule has 0 aliphatic rings. The normalized spacial score (nSPS) is 12.9. The van der Waals surface area contributed by atoms with Gasteiger partial charge in [0.05, 0.1) is 19.3 Å².